The maximum Gasteiger partial charge on any atom is 0.293 e. The minimum atomic E-state index is -0.703. The number of halogens is 1. The van der Waals surface area contributed by atoms with E-state index in [1.165, 1.54) is 24.0 Å². The molecule has 3 N–H and O–H groups in total. The molecule has 2 aromatic rings. The minimum Gasteiger partial charge on any atom is -0.288 e. The fourth-order valence-electron chi connectivity index (χ4n) is 1.54. The third-order valence-electron chi connectivity index (χ3n) is 2.62. The monoisotopic (exact) mass is 362 g/mol. The van der Waals surface area contributed by atoms with Crippen LogP contribution in [0.15, 0.2) is 52.2 Å². The van der Waals surface area contributed by atoms with Gasteiger partial charge in [-0.25, -0.2) is 10.9 Å². The molecule has 0 saturated heterocycles. The highest BCUT2D eigenvalue weighted by Gasteiger charge is 2.07. The molecule has 0 aliphatic rings. The van der Waals surface area contributed by atoms with Crippen LogP contribution in [-0.4, -0.2) is 28.2 Å². The van der Waals surface area contributed by atoms with Gasteiger partial charge in [-0.05, 0) is 40.2 Å². The summed E-state index contributed by atoms with van der Waals surface area (Å²) in [5.74, 6) is -1.06. The third-order valence-corrected chi connectivity index (χ3v) is 3.31. The SMILES string of the molecule is O=C(NO)c1ccc(/C=N/NC(=O)c2ccccc2Br)cn1. The molecule has 22 heavy (non-hydrogen) atoms. The lowest BCUT2D eigenvalue weighted by Gasteiger charge is -2.02. The first-order chi connectivity index (χ1) is 10.6. The van der Waals surface area contributed by atoms with E-state index in [2.05, 4.69) is 31.4 Å². The number of carbonyl (C=O) groups is 2. The molecule has 0 radical (unpaired) electrons. The summed E-state index contributed by atoms with van der Waals surface area (Å²) in [6.07, 6.45) is 2.78. The Labute approximate surface area is 134 Å². The topological polar surface area (TPSA) is 104 Å². The van der Waals surface area contributed by atoms with Gasteiger partial charge < -0.3 is 0 Å². The molecule has 0 aliphatic carbocycles. The number of benzene rings is 1. The van der Waals surface area contributed by atoms with Crippen LogP contribution in [-0.2, 0) is 0 Å². The zero-order valence-electron chi connectivity index (χ0n) is 11.2. The van der Waals surface area contributed by atoms with E-state index in [9.17, 15) is 9.59 Å². The predicted octanol–water partition coefficient (Wildman–Crippen LogP) is 1.73. The Balaban J connectivity index is 1.99. The van der Waals surface area contributed by atoms with Crippen molar-refractivity contribution in [1.29, 1.82) is 0 Å². The fourth-order valence-corrected chi connectivity index (χ4v) is 2.01. The van der Waals surface area contributed by atoms with E-state index in [1.54, 1.807) is 30.3 Å². The van der Waals surface area contributed by atoms with Crippen molar-refractivity contribution in [3.05, 3.63) is 63.9 Å². The lowest BCUT2D eigenvalue weighted by molar-refractivity contribution is 0.0700. The first-order valence-corrected chi connectivity index (χ1v) is 6.89. The van der Waals surface area contributed by atoms with Gasteiger partial charge in [-0.2, -0.15) is 5.10 Å². The van der Waals surface area contributed by atoms with E-state index < -0.39 is 5.91 Å². The van der Waals surface area contributed by atoms with Gasteiger partial charge in [-0.3, -0.25) is 19.8 Å². The molecule has 2 rings (SSSR count). The molecule has 8 heteroatoms. The second-order valence-corrected chi connectivity index (χ2v) is 4.95. The molecule has 0 atom stereocenters. The molecule has 0 spiro atoms. The predicted molar refractivity (Wildman–Crippen MR) is 82.7 cm³/mol. The average molecular weight is 363 g/mol. The van der Waals surface area contributed by atoms with Crippen LogP contribution >= 0.6 is 15.9 Å². The molecular weight excluding hydrogens is 352 g/mol. The van der Waals surface area contributed by atoms with Gasteiger partial charge in [0.25, 0.3) is 11.8 Å². The number of nitrogens with one attached hydrogen (secondary N) is 2. The molecule has 0 bridgehead atoms. The maximum absolute atomic E-state index is 11.9. The van der Waals surface area contributed by atoms with Crippen LogP contribution < -0.4 is 10.9 Å². The highest BCUT2D eigenvalue weighted by Crippen LogP contribution is 2.15. The summed E-state index contributed by atoms with van der Waals surface area (Å²) >= 11 is 3.28. The van der Waals surface area contributed by atoms with Crippen molar-refractivity contribution in [2.75, 3.05) is 0 Å². The first kappa shape index (κ1) is 15.8. The number of hydrogen-bond donors (Lipinski definition) is 3. The standard InChI is InChI=1S/C14H11BrN4O3/c15-11-4-2-1-3-10(11)13(20)18-17-8-9-5-6-12(16-7-9)14(21)19-22/h1-8,22H,(H,18,20)(H,19,21)/b17-8+. The largest absolute Gasteiger partial charge is 0.293 e. The zero-order chi connectivity index (χ0) is 15.9. The Bertz CT molecular complexity index is 716. The van der Waals surface area contributed by atoms with Crippen molar-refractivity contribution in [2.24, 2.45) is 5.10 Å². The minimum absolute atomic E-state index is 0.0666. The average Bonchev–Trinajstić information content (AvgIpc) is 2.55. The molecule has 1 heterocycles. The number of hydrazone groups is 1. The zero-order valence-corrected chi connectivity index (χ0v) is 12.7. The van der Waals surface area contributed by atoms with E-state index >= 15 is 0 Å². The van der Waals surface area contributed by atoms with Crippen LogP contribution in [0.3, 0.4) is 0 Å². The lowest BCUT2D eigenvalue weighted by atomic mass is 10.2. The Morgan fingerprint density at radius 1 is 1.18 bits per heavy atom. The summed E-state index contributed by atoms with van der Waals surface area (Å²) in [6.45, 7) is 0. The Kier molecular flexibility index (Phi) is 5.34. The van der Waals surface area contributed by atoms with Crippen LogP contribution in [0.25, 0.3) is 0 Å². The summed E-state index contributed by atoms with van der Waals surface area (Å²) in [6, 6.07) is 9.97. The molecular formula is C14H11BrN4O3. The Morgan fingerprint density at radius 2 is 1.95 bits per heavy atom. The van der Waals surface area contributed by atoms with Crippen molar-refractivity contribution in [2.45, 2.75) is 0 Å². The number of rotatable bonds is 4. The van der Waals surface area contributed by atoms with Gasteiger partial charge in [-0.1, -0.05) is 12.1 Å². The van der Waals surface area contributed by atoms with Crippen molar-refractivity contribution in [3.8, 4) is 0 Å². The van der Waals surface area contributed by atoms with Crippen LogP contribution in [0.4, 0.5) is 0 Å². The van der Waals surface area contributed by atoms with E-state index in [1.807, 2.05) is 0 Å². The Morgan fingerprint density at radius 3 is 2.59 bits per heavy atom. The third kappa shape index (κ3) is 3.96. The number of aromatic nitrogens is 1. The molecule has 2 amide bonds. The number of pyridine rings is 1. The van der Waals surface area contributed by atoms with E-state index in [4.69, 9.17) is 5.21 Å². The van der Waals surface area contributed by atoms with E-state index in [0.29, 0.717) is 15.6 Å². The van der Waals surface area contributed by atoms with Gasteiger partial charge in [0, 0.05) is 16.2 Å². The summed E-state index contributed by atoms with van der Waals surface area (Å²) in [7, 11) is 0. The van der Waals surface area contributed by atoms with Gasteiger partial charge in [0.1, 0.15) is 5.69 Å². The van der Waals surface area contributed by atoms with Gasteiger partial charge in [0.05, 0.1) is 11.8 Å². The van der Waals surface area contributed by atoms with Gasteiger partial charge >= 0.3 is 0 Å². The van der Waals surface area contributed by atoms with Crippen LogP contribution in [0.2, 0.25) is 0 Å². The summed E-state index contributed by atoms with van der Waals surface area (Å²) in [5.41, 5.74) is 4.99. The van der Waals surface area contributed by atoms with Crippen molar-refractivity contribution in [3.63, 3.8) is 0 Å². The first-order valence-electron chi connectivity index (χ1n) is 6.10. The molecule has 1 aromatic heterocycles. The van der Waals surface area contributed by atoms with Crippen molar-refractivity contribution in [1.82, 2.24) is 15.9 Å². The molecule has 0 fully saturated rings. The second-order valence-electron chi connectivity index (χ2n) is 4.10. The smallest absolute Gasteiger partial charge is 0.288 e. The molecule has 112 valence electrons. The summed E-state index contributed by atoms with van der Waals surface area (Å²) < 4.78 is 0.670. The summed E-state index contributed by atoms with van der Waals surface area (Å²) in [4.78, 5) is 26.8. The highest BCUT2D eigenvalue weighted by molar-refractivity contribution is 9.10. The number of hydroxylamine groups is 1. The molecule has 0 unspecified atom stereocenters. The molecule has 7 nitrogen and oxygen atoms in total. The van der Waals surface area contributed by atoms with Crippen LogP contribution in [0, 0.1) is 0 Å². The van der Waals surface area contributed by atoms with Crippen LogP contribution in [0.5, 0.6) is 0 Å². The fraction of sp³-hybridized carbons (Fsp3) is 0. The van der Waals surface area contributed by atoms with E-state index in [-0.39, 0.29) is 11.6 Å². The quantitative estimate of drug-likeness (QED) is 0.437. The van der Waals surface area contributed by atoms with Crippen molar-refractivity contribution >= 4 is 34.0 Å². The Hall–Kier alpha value is -2.58. The summed E-state index contributed by atoms with van der Waals surface area (Å²) in [5, 5.41) is 12.3. The maximum atomic E-state index is 11.9. The van der Waals surface area contributed by atoms with Crippen LogP contribution in [0.1, 0.15) is 26.4 Å². The molecule has 0 aliphatic heterocycles. The highest BCUT2D eigenvalue weighted by atomic mass is 79.9. The van der Waals surface area contributed by atoms with Gasteiger partial charge in [0.2, 0.25) is 0 Å². The van der Waals surface area contributed by atoms with Gasteiger partial charge in [-0.15, -0.1) is 0 Å². The van der Waals surface area contributed by atoms with E-state index in [0.717, 1.165) is 0 Å². The number of hydrogen-bond acceptors (Lipinski definition) is 5. The van der Waals surface area contributed by atoms with Crippen molar-refractivity contribution < 1.29 is 14.8 Å². The molecule has 1 aromatic carbocycles. The number of carbonyl (C=O) groups excluding carboxylic acids is 2. The number of amides is 2. The lowest BCUT2D eigenvalue weighted by Crippen LogP contribution is -2.20. The number of nitrogens with zero attached hydrogens (tertiary/aromatic N) is 2. The normalized spacial score (nSPS) is 10.5. The molecule has 0 saturated carbocycles. The van der Waals surface area contributed by atoms with Gasteiger partial charge in [0.15, 0.2) is 0 Å². The second kappa shape index (κ2) is 7.43.